The molecule has 0 fully saturated rings. The van der Waals surface area contributed by atoms with Gasteiger partial charge in [-0.05, 0) is 0 Å². The first kappa shape index (κ1) is 14.3. The van der Waals surface area contributed by atoms with E-state index in [-0.39, 0.29) is 11.5 Å². The van der Waals surface area contributed by atoms with Gasteiger partial charge in [-0.25, -0.2) is 4.79 Å². The van der Waals surface area contributed by atoms with E-state index in [0.29, 0.717) is 0 Å². The molecule has 0 saturated carbocycles. The minimum Gasteiger partial charge on any atom is -0.480 e. The number of carboxylic acids is 1. The van der Waals surface area contributed by atoms with Gasteiger partial charge in [0.1, 0.15) is 0 Å². The number of aliphatic carboxylic acids is 1. The van der Waals surface area contributed by atoms with Crippen LogP contribution in [0.2, 0.25) is 0 Å². The van der Waals surface area contributed by atoms with Crippen LogP contribution in [0.25, 0.3) is 0 Å². The predicted molar refractivity (Wildman–Crippen MR) is 60.3 cm³/mol. The Morgan fingerprint density at radius 2 is 1.87 bits per heavy atom. The predicted octanol–water partition coefficient (Wildman–Crippen LogP) is -1.69. The number of rotatable bonds is 6. The number of Topliss-reactive ketones (excluding diaryl/α,β-unsaturated/α-hetero) is 1. The number of nitrogens with two attached hydrogens (primary N) is 1. The highest BCUT2D eigenvalue weighted by atomic mass is 32.1. The quantitative estimate of drug-likeness (QED) is 0.286. The number of carbonyl (C=O) groups excluding carboxylic acids is 2. The molecule has 0 spiro atoms. The molecule has 1 amide bonds. The van der Waals surface area contributed by atoms with Crippen molar-refractivity contribution in [2.24, 2.45) is 5.73 Å². The van der Waals surface area contributed by atoms with Crippen LogP contribution in [0.15, 0.2) is 0 Å². The molecule has 0 aliphatic rings. The second kappa shape index (κ2) is 5.99. The molecule has 0 saturated heterocycles. The fraction of sp³-hybridized carbons (Fsp3) is 0.571. The van der Waals surface area contributed by atoms with Crippen molar-refractivity contribution in [1.29, 1.82) is 0 Å². The van der Waals surface area contributed by atoms with Gasteiger partial charge < -0.3 is 16.2 Å². The molecule has 86 valence electrons. The summed E-state index contributed by atoms with van der Waals surface area (Å²) < 4.78 is 0. The van der Waals surface area contributed by atoms with Crippen LogP contribution in [0.4, 0.5) is 0 Å². The molecule has 6 nitrogen and oxygen atoms in total. The zero-order valence-electron chi connectivity index (χ0n) is 7.77. The van der Waals surface area contributed by atoms with E-state index in [0.717, 1.165) is 0 Å². The van der Waals surface area contributed by atoms with Gasteiger partial charge in [0.15, 0.2) is 11.3 Å². The zero-order valence-corrected chi connectivity index (χ0v) is 9.55. The number of hydrogen-bond donors (Lipinski definition) is 5. The van der Waals surface area contributed by atoms with E-state index in [9.17, 15) is 14.4 Å². The van der Waals surface area contributed by atoms with Crippen molar-refractivity contribution < 1.29 is 19.5 Å². The molecule has 0 aliphatic carbocycles. The lowest BCUT2D eigenvalue weighted by Crippen LogP contribution is -2.59. The van der Waals surface area contributed by atoms with E-state index in [1.165, 1.54) is 0 Å². The maximum atomic E-state index is 11.4. The lowest BCUT2D eigenvalue weighted by Gasteiger charge is -2.20. The van der Waals surface area contributed by atoms with Crippen LogP contribution in [-0.4, -0.2) is 46.4 Å². The van der Waals surface area contributed by atoms with Gasteiger partial charge in [-0.15, -0.1) is 0 Å². The van der Waals surface area contributed by atoms with Crippen LogP contribution in [-0.2, 0) is 14.4 Å². The van der Waals surface area contributed by atoms with Gasteiger partial charge in [0.05, 0.1) is 12.3 Å². The molecule has 4 N–H and O–H groups in total. The van der Waals surface area contributed by atoms with Crippen molar-refractivity contribution in [3.05, 3.63) is 0 Å². The van der Waals surface area contributed by atoms with E-state index in [1.807, 2.05) is 0 Å². The van der Waals surface area contributed by atoms with Crippen LogP contribution < -0.4 is 11.1 Å². The summed E-state index contributed by atoms with van der Waals surface area (Å²) >= 11 is 7.36. The van der Waals surface area contributed by atoms with Crippen LogP contribution in [0.5, 0.6) is 0 Å². The number of carbonyl (C=O) groups is 3. The first-order valence-electron chi connectivity index (χ1n) is 3.92. The summed E-state index contributed by atoms with van der Waals surface area (Å²) in [7, 11) is 0. The Labute approximate surface area is 97.4 Å². The Hall–Kier alpha value is -0.730. The lowest BCUT2D eigenvalue weighted by molar-refractivity contribution is -0.147. The summed E-state index contributed by atoms with van der Waals surface area (Å²) in [6, 6.07) is 0. The Morgan fingerprint density at radius 1 is 1.33 bits per heavy atom. The van der Waals surface area contributed by atoms with Gasteiger partial charge in [0.25, 0.3) is 0 Å². The summed E-state index contributed by atoms with van der Waals surface area (Å²) in [5.41, 5.74) is 3.25. The number of nitrogens with one attached hydrogen (secondary N) is 1. The fourth-order valence-corrected chi connectivity index (χ4v) is 1.09. The van der Waals surface area contributed by atoms with Crippen molar-refractivity contribution in [2.45, 2.75) is 5.54 Å². The molecule has 0 aromatic heterocycles. The summed E-state index contributed by atoms with van der Waals surface area (Å²) in [5, 5.41) is 10.9. The second-order valence-electron chi connectivity index (χ2n) is 2.79. The second-order valence-corrected chi connectivity index (χ2v) is 3.43. The third-order valence-electron chi connectivity index (χ3n) is 1.72. The van der Waals surface area contributed by atoms with Crippen molar-refractivity contribution >= 4 is 42.9 Å². The first-order valence-corrected chi connectivity index (χ1v) is 5.19. The molecule has 0 aliphatic heterocycles. The van der Waals surface area contributed by atoms with Crippen molar-refractivity contribution in [1.82, 2.24) is 5.32 Å². The monoisotopic (exact) mass is 252 g/mol. The third kappa shape index (κ3) is 3.73. The van der Waals surface area contributed by atoms with Crippen LogP contribution in [0.1, 0.15) is 0 Å². The van der Waals surface area contributed by atoms with Gasteiger partial charge in [0, 0.05) is 5.75 Å². The summed E-state index contributed by atoms with van der Waals surface area (Å²) in [4.78, 5) is 32.8. The maximum absolute atomic E-state index is 11.4. The van der Waals surface area contributed by atoms with Gasteiger partial charge in [-0.1, -0.05) is 0 Å². The molecule has 0 heterocycles. The smallest absolute Gasteiger partial charge is 0.332 e. The first-order chi connectivity index (χ1) is 6.88. The van der Waals surface area contributed by atoms with E-state index < -0.39 is 29.7 Å². The SMILES string of the molecule is N[C@@](CS)(C(=O)O)C(=O)CNC(=O)CS. The largest absolute Gasteiger partial charge is 0.480 e. The number of thiol groups is 2. The molecular weight excluding hydrogens is 240 g/mol. The van der Waals surface area contributed by atoms with Crippen molar-refractivity contribution in [2.75, 3.05) is 18.1 Å². The van der Waals surface area contributed by atoms with Crippen molar-refractivity contribution in [3.8, 4) is 0 Å². The maximum Gasteiger partial charge on any atom is 0.332 e. The molecule has 0 aromatic carbocycles. The van der Waals surface area contributed by atoms with E-state index in [2.05, 4.69) is 30.6 Å². The molecule has 0 radical (unpaired) electrons. The third-order valence-corrected chi connectivity index (χ3v) is 2.50. The average molecular weight is 252 g/mol. The highest BCUT2D eigenvalue weighted by molar-refractivity contribution is 7.81. The van der Waals surface area contributed by atoms with Gasteiger partial charge in [-0.3, -0.25) is 9.59 Å². The summed E-state index contributed by atoms with van der Waals surface area (Å²) in [6.45, 7) is -0.442. The lowest BCUT2D eigenvalue weighted by atomic mass is 9.98. The number of ketones is 1. The van der Waals surface area contributed by atoms with Gasteiger partial charge in [0.2, 0.25) is 5.91 Å². The minimum absolute atomic E-state index is 0.0845. The van der Waals surface area contributed by atoms with E-state index >= 15 is 0 Å². The number of carboxylic acid groups (broad SMARTS) is 1. The zero-order chi connectivity index (χ0) is 12.1. The highest BCUT2D eigenvalue weighted by Gasteiger charge is 2.40. The summed E-state index contributed by atoms with van der Waals surface area (Å²) in [6.07, 6.45) is 0. The molecule has 15 heavy (non-hydrogen) atoms. The van der Waals surface area contributed by atoms with E-state index in [4.69, 9.17) is 10.8 Å². The number of hydrogen-bond acceptors (Lipinski definition) is 6. The highest BCUT2D eigenvalue weighted by Crippen LogP contribution is 2.05. The fourth-order valence-electron chi connectivity index (χ4n) is 0.668. The number of amides is 1. The van der Waals surface area contributed by atoms with Crippen LogP contribution >= 0.6 is 25.3 Å². The molecule has 0 bridgehead atoms. The molecule has 8 heteroatoms. The molecule has 0 rings (SSSR count). The topological polar surface area (TPSA) is 109 Å². The minimum atomic E-state index is -2.06. The molecule has 1 atom stereocenters. The Bertz CT molecular complexity index is 284. The normalized spacial score (nSPS) is 14.1. The van der Waals surface area contributed by atoms with Crippen molar-refractivity contribution in [3.63, 3.8) is 0 Å². The van der Waals surface area contributed by atoms with Gasteiger partial charge in [-0.2, -0.15) is 25.3 Å². The molecule has 0 unspecified atom stereocenters. The Morgan fingerprint density at radius 3 is 2.20 bits per heavy atom. The summed E-state index contributed by atoms with van der Waals surface area (Å²) in [5.74, 6) is -3.17. The van der Waals surface area contributed by atoms with Crippen LogP contribution in [0, 0.1) is 0 Å². The van der Waals surface area contributed by atoms with Crippen LogP contribution in [0.3, 0.4) is 0 Å². The Kier molecular flexibility index (Phi) is 5.69. The molecule has 0 aromatic rings. The molecular formula is C7H12N2O4S2. The van der Waals surface area contributed by atoms with Gasteiger partial charge >= 0.3 is 5.97 Å². The standard InChI is InChI=1S/C7H12N2O4S2/c8-7(3-15,6(12)13)4(10)1-9-5(11)2-14/h14-15H,1-3,8H2,(H,9,11)(H,12,13)/t7-/m1/s1. The Balaban J connectivity index is 4.42. The average Bonchev–Trinajstić information content (AvgIpc) is 2.23. The van der Waals surface area contributed by atoms with E-state index in [1.54, 1.807) is 0 Å².